The summed E-state index contributed by atoms with van der Waals surface area (Å²) >= 11 is 0. The first kappa shape index (κ1) is 14.8. The van der Waals surface area contributed by atoms with Crippen molar-refractivity contribution in [2.75, 3.05) is 56.5 Å². The van der Waals surface area contributed by atoms with Crippen molar-refractivity contribution in [1.29, 1.82) is 0 Å². The van der Waals surface area contributed by atoms with Crippen LogP contribution in [0.5, 0.6) is 0 Å². The van der Waals surface area contributed by atoms with Crippen LogP contribution in [0, 0.1) is 5.92 Å². The third-order valence-corrected chi connectivity index (χ3v) is 3.71. The SMILES string of the molecule is CNc1nc(N(C)C)nc(N2CCC(C)C(OC)C2)n1. The molecule has 1 aromatic heterocycles. The summed E-state index contributed by atoms with van der Waals surface area (Å²) in [6, 6.07) is 0. The fourth-order valence-electron chi connectivity index (χ4n) is 2.33. The maximum absolute atomic E-state index is 5.55. The molecular formula is C13H24N6O. The van der Waals surface area contributed by atoms with Gasteiger partial charge in [-0.05, 0) is 12.3 Å². The van der Waals surface area contributed by atoms with E-state index >= 15 is 0 Å². The van der Waals surface area contributed by atoms with E-state index in [1.807, 2.05) is 26.0 Å². The number of nitrogens with zero attached hydrogens (tertiary/aromatic N) is 5. The van der Waals surface area contributed by atoms with Gasteiger partial charge in [0.2, 0.25) is 17.8 Å². The quantitative estimate of drug-likeness (QED) is 0.876. The summed E-state index contributed by atoms with van der Waals surface area (Å²) in [5, 5.41) is 2.99. The first-order chi connectivity index (χ1) is 9.55. The Hall–Kier alpha value is -1.63. The van der Waals surface area contributed by atoms with E-state index in [0.29, 0.717) is 23.8 Å². The van der Waals surface area contributed by atoms with Gasteiger partial charge in [0.25, 0.3) is 0 Å². The van der Waals surface area contributed by atoms with Crippen molar-refractivity contribution in [2.45, 2.75) is 19.4 Å². The van der Waals surface area contributed by atoms with Gasteiger partial charge in [0.15, 0.2) is 0 Å². The van der Waals surface area contributed by atoms with Crippen LogP contribution < -0.4 is 15.1 Å². The Kier molecular flexibility index (Phi) is 4.59. The molecule has 0 spiro atoms. The molecule has 2 atom stereocenters. The lowest BCUT2D eigenvalue weighted by Crippen LogP contribution is -2.44. The molecule has 2 rings (SSSR count). The summed E-state index contributed by atoms with van der Waals surface area (Å²) in [5.41, 5.74) is 0. The van der Waals surface area contributed by atoms with E-state index in [2.05, 4.69) is 32.1 Å². The summed E-state index contributed by atoms with van der Waals surface area (Å²) < 4.78 is 5.55. The van der Waals surface area contributed by atoms with Crippen molar-refractivity contribution in [3.63, 3.8) is 0 Å². The molecule has 0 amide bonds. The van der Waals surface area contributed by atoms with Crippen molar-refractivity contribution in [1.82, 2.24) is 15.0 Å². The minimum Gasteiger partial charge on any atom is -0.379 e. The molecule has 20 heavy (non-hydrogen) atoms. The second-order valence-electron chi connectivity index (χ2n) is 5.39. The fourth-order valence-corrected chi connectivity index (χ4v) is 2.33. The van der Waals surface area contributed by atoms with Gasteiger partial charge >= 0.3 is 0 Å². The molecule has 0 bridgehead atoms. The van der Waals surface area contributed by atoms with E-state index < -0.39 is 0 Å². The Bertz CT molecular complexity index is 452. The number of piperidine rings is 1. The smallest absolute Gasteiger partial charge is 0.232 e. The molecule has 1 saturated heterocycles. The molecule has 7 heteroatoms. The first-order valence-electron chi connectivity index (χ1n) is 6.94. The zero-order chi connectivity index (χ0) is 14.7. The number of ether oxygens (including phenoxy) is 1. The second-order valence-corrected chi connectivity index (χ2v) is 5.39. The van der Waals surface area contributed by atoms with E-state index in [1.54, 1.807) is 7.11 Å². The van der Waals surface area contributed by atoms with E-state index in [0.717, 1.165) is 19.5 Å². The van der Waals surface area contributed by atoms with Crippen molar-refractivity contribution < 1.29 is 4.74 Å². The molecule has 2 heterocycles. The van der Waals surface area contributed by atoms with Crippen molar-refractivity contribution in [3.05, 3.63) is 0 Å². The highest BCUT2D eigenvalue weighted by Crippen LogP contribution is 2.24. The zero-order valence-corrected chi connectivity index (χ0v) is 12.9. The topological polar surface area (TPSA) is 66.4 Å². The third kappa shape index (κ3) is 3.09. The molecule has 2 unspecified atom stereocenters. The monoisotopic (exact) mass is 280 g/mol. The maximum atomic E-state index is 5.55. The number of anilines is 3. The summed E-state index contributed by atoms with van der Waals surface area (Å²) in [6.45, 7) is 3.99. The van der Waals surface area contributed by atoms with E-state index in [9.17, 15) is 0 Å². The van der Waals surface area contributed by atoms with Crippen molar-refractivity contribution >= 4 is 17.8 Å². The van der Waals surface area contributed by atoms with Gasteiger partial charge in [-0.1, -0.05) is 6.92 Å². The summed E-state index contributed by atoms with van der Waals surface area (Å²) in [7, 11) is 7.43. The van der Waals surface area contributed by atoms with Crippen LogP contribution in [-0.2, 0) is 4.74 Å². The van der Waals surface area contributed by atoms with E-state index in [4.69, 9.17) is 4.74 Å². The Labute approximate surface area is 120 Å². The number of methoxy groups -OCH3 is 1. The predicted molar refractivity (Wildman–Crippen MR) is 80.5 cm³/mol. The third-order valence-electron chi connectivity index (χ3n) is 3.71. The molecule has 0 radical (unpaired) electrons. The largest absolute Gasteiger partial charge is 0.379 e. The molecule has 7 nitrogen and oxygen atoms in total. The lowest BCUT2D eigenvalue weighted by atomic mass is 9.96. The van der Waals surface area contributed by atoms with Crippen LogP contribution in [0.4, 0.5) is 17.8 Å². The summed E-state index contributed by atoms with van der Waals surface area (Å²) in [4.78, 5) is 17.4. The van der Waals surface area contributed by atoms with Gasteiger partial charge in [0, 0.05) is 41.3 Å². The van der Waals surface area contributed by atoms with Crippen LogP contribution in [0.2, 0.25) is 0 Å². The van der Waals surface area contributed by atoms with Crippen LogP contribution in [0.15, 0.2) is 0 Å². The molecule has 1 aromatic rings. The van der Waals surface area contributed by atoms with Crippen LogP contribution in [0.3, 0.4) is 0 Å². The van der Waals surface area contributed by atoms with Gasteiger partial charge < -0.3 is 19.9 Å². The van der Waals surface area contributed by atoms with Crippen LogP contribution in [0.25, 0.3) is 0 Å². The lowest BCUT2D eigenvalue weighted by molar-refractivity contribution is 0.0494. The molecule has 0 aliphatic carbocycles. The van der Waals surface area contributed by atoms with Gasteiger partial charge in [0.05, 0.1) is 6.10 Å². The van der Waals surface area contributed by atoms with Crippen molar-refractivity contribution in [3.8, 4) is 0 Å². The minimum atomic E-state index is 0.223. The molecular weight excluding hydrogens is 256 g/mol. The van der Waals surface area contributed by atoms with Crippen molar-refractivity contribution in [2.24, 2.45) is 5.92 Å². The number of hydrogen-bond donors (Lipinski definition) is 1. The minimum absolute atomic E-state index is 0.223. The molecule has 1 aliphatic heterocycles. The summed E-state index contributed by atoms with van der Waals surface area (Å²) in [5.74, 6) is 2.52. The van der Waals surface area contributed by atoms with Crippen LogP contribution in [0.1, 0.15) is 13.3 Å². The van der Waals surface area contributed by atoms with Gasteiger partial charge in [0.1, 0.15) is 0 Å². The highest BCUT2D eigenvalue weighted by Gasteiger charge is 2.28. The predicted octanol–water partition coefficient (Wildman–Crippen LogP) is 0.841. The second kappa shape index (κ2) is 6.21. The molecule has 1 fully saturated rings. The average Bonchev–Trinajstić information content (AvgIpc) is 2.47. The molecule has 112 valence electrons. The Morgan fingerprint density at radius 1 is 1.30 bits per heavy atom. The molecule has 0 saturated carbocycles. The summed E-state index contributed by atoms with van der Waals surface area (Å²) in [6.07, 6.45) is 1.30. The molecule has 0 aromatic carbocycles. The standard InChI is InChI=1S/C13H24N6O/c1-9-6-7-19(8-10(9)20-5)13-16-11(14-2)15-12(17-13)18(3)4/h9-10H,6-8H2,1-5H3,(H,14,15,16,17). The van der Waals surface area contributed by atoms with E-state index in [1.165, 1.54) is 0 Å². The average molecular weight is 280 g/mol. The molecule has 1 N–H and O–H groups in total. The Morgan fingerprint density at radius 3 is 2.65 bits per heavy atom. The van der Waals surface area contributed by atoms with Gasteiger partial charge in [-0.15, -0.1) is 0 Å². The fraction of sp³-hybridized carbons (Fsp3) is 0.769. The highest BCUT2D eigenvalue weighted by molar-refractivity contribution is 5.44. The number of aromatic nitrogens is 3. The Balaban J connectivity index is 2.25. The van der Waals surface area contributed by atoms with Gasteiger partial charge in [-0.3, -0.25) is 0 Å². The van der Waals surface area contributed by atoms with Gasteiger partial charge in [-0.2, -0.15) is 15.0 Å². The zero-order valence-electron chi connectivity index (χ0n) is 12.9. The Morgan fingerprint density at radius 2 is 2.05 bits per heavy atom. The molecule has 1 aliphatic rings. The normalized spacial score (nSPS) is 22.8. The van der Waals surface area contributed by atoms with Gasteiger partial charge in [-0.25, -0.2) is 0 Å². The first-order valence-corrected chi connectivity index (χ1v) is 6.94. The van der Waals surface area contributed by atoms with Crippen LogP contribution >= 0.6 is 0 Å². The highest BCUT2D eigenvalue weighted by atomic mass is 16.5. The number of rotatable bonds is 4. The lowest BCUT2D eigenvalue weighted by Gasteiger charge is -2.36. The van der Waals surface area contributed by atoms with Crippen LogP contribution in [-0.4, -0.2) is 62.4 Å². The van der Waals surface area contributed by atoms with E-state index in [-0.39, 0.29) is 6.10 Å². The number of hydrogen-bond acceptors (Lipinski definition) is 7. The maximum Gasteiger partial charge on any atom is 0.232 e. The number of nitrogens with one attached hydrogen (secondary N) is 1.